The monoisotopic (exact) mass is 442 g/mol. The van der Waals surface area contributed by atoms with Crippen molar-refractivity contribution in [2.24, 2.45) is 0 Å². The van der Waals surface area contributed by atoms with E-state index in [-0.39, 0.29) is 17.9 Å². The molecule has 0 spiro atoms. The van der Waals surface area contributed by atoms with E-state index in [1.54, 1.807) is 17.0 Å². The lowest BCUT2D eigenvalue weighted by Crippen LogP contribution is -2.46. The zero-order valence-electron chi connectivity index (χ0n) is 15.0. The van der Waals surface area contributed by atoms with Crippen molar-refractivity contribution in [2.45, 2.75) is 18.9 Å². The molecule has 2 aromatic heterocycles. The summed E-state index contributed by atoms with van der Waals surface area (Å²) < 4.78 is 5.96. The molecule has 1 aliphatic heterocycles. The fourth-order valence-corrected chi connectivity index (χ4v) is 3.53. The highest BCUT2D eigenvalue weighted by Gasteiger charge is 2.25. The number of carbonyl (C=O) groups is 2. The number of piperidine rings is 1. The highest BCUT2D eigenvalue weighted by molar-refractivity contribution is 9.10. The minimum Gasteiger partial charge on any atom is -0.472 e. The molecule has 0 aliphatic carbocycles. The van der Waals surface area contributed by atoms with E-state index in [0.717, 1.165) is 15.7 Å². The van der Waals surface area contributed by atoms with Gasteiger partial charge in [0.15, 0.2) is 0 Å². The summed E-state index contributed by atoms with van der Waals surface area (Å²) in [5.74, 6) is -0.221. The number of likely N-dealkylation sites (tertiary alicyclic amines) is 1. The normalized spacial score (nSPS) is 14.8. The number of carbonyl (C=O) groups excluding carboxylic acids is 2. The third kappa shape index (κ3) is 4.01. The van der Waals surface area contributed by atoms with E-state index < -0.39 is 0 Å². The number of furan rings is 1. The molecular formula is C20H19BrN4O3. The molecule has 7 nitrogen and oxygen atoms in total. The molecule has 1 saturated heterocycles. The van der Waals surface area contributed by atoms with Gasteiger partial charge in [-0.3, -0.25) is 14.7 Å². The molecule has 0 saturated carbocycles. The van der Waals surface area contributed by atoms with Crippen LogP contribution in [0.4, 0.5) is 0 Å². The Morgan fingerprint density at radius 2 is 1.93 bits per heavy atom. The maximum atomic E-state index is 12.5. The summed E-state index contributed by atoms with van der Waals surface area (Å²) >= 11 is 3.40. The van der Waals surface area contributed by atoms with Crippen LogP contribution < -0.4 is 5.32 Å². The van der Waals surface area contributed by atoms with Gasteiger partial charge in [-0.15, -0.1) is 0 Å². The van der Waals surface area contributed by atoms with Crippen molar-refractivity contribution in [3.63, 3.8) is 0 Å². The predicted molar refractivity (Wildman–Crippen MR) is 107 cm³/mol. The Balaban J connectivity index is 1.32. The summed E-state index contributed by atoms with van der Waals surface area (Å²) in [5, 5.41) is 10.1. The average Bonchev–Trinajstić information content (AvgIpc) is 3.41. The zero-order valence-corrected chi connectivity index (χ0v) is 16.6. The van der Waals surface area contributed by atoms with Gasteiger partial charge in [-0.25, -0.2) is 0 Å². The zero-order chi connectivity index (χ0) is 19.5. The Kier molecular flexibility index (Phi) is 5.29. The van der Waals surface area contributed by atoms with Crippen LogP contribution in [0.15, 0.2) is 57.8 Å². The van der Waals surface area contributed by atoms with Crippen molar-refractivity contribution in [3.05, 3.63) is 64.7 Å². The first-order valence-electron chi connectivity index (χ1n) is 9.04. The SMILES string of the molecule is O=C(NC1CCN(C(=O)c2ccoc2)CC1)c1cc(-c2ccc(Br)cc2)n[nH]1. The second-order valence-electron chi connectivity index (χ2n) is 6.73. The second kappa shape index (κ2) is 8.02. The van der Waals surface area contributed by atoms with E-state index in [0.29, 0.717) is 37.2 Å². The van der Waals surface area contributed by atoms with Gasteiger partial charge in [0.2, 0.25) is 0 Å². The summed E-state index contributed by atoms with van der Waals surface area (Å²) in [4.78, 5) is 26.7. The second-order valence-corrected chi connectivity index (χ2v) is 7.64. The highest BCUT2D eigenvalue weighted by atomic mass is 79.9. The molecule has 144 valence electrons. The number of nitrogens with zero attached hydrogens (tertiary/aromatic N) is 2. The van der Waals surface area contributed by atoms with Crippen LogP contribution in [-0.2, 0) is 0 Å². The Labute approximate surface area is 170 Å². The number of aromatic nitrogens is 2. The van der Waals surface area contributed by atoms with Crippen LogP contribution >= 0.6 is 15.9 Å². The molecule has 2 amide bonds. The number of halogens is 1. The predicted octanol–water partition coefficient (Wildman–Crippen LogP) is 3.47. The number of hydrogen-bond donors (Lipinski definition) is 2. The number of hydrogen-bond acceptors (Lipinski definition) is 4. The van der Waals surface area contributed by atoms with Crippen molar-refractivity contribution >= 4 is 27.7 Å². The summed E-state index contributed by atoms with van der Waals surface area (Å²) in [6.07, 6.45) is 4.37. The molecule has 2 N–H and O–H groups in total. The van der Waals surface area contributed by atoms with Gasteiger partial charge < -0.3 is 14.6 Å². The van der Waals surface area contributed by atoms with Crippen LogP contribution in [0, 0.1) is 0 Å². The quantitative estimate of drug-likeness (QED) is 0.646. The van der Waals surface area contributed by atoms with Gasteiger partial charge in [0.25, 0.3) is 11.8 Å². The fraction of sp³-hybridized carbons (Fsp3) is 0.250. The summed E-state index contributed by atoms with van der Waals surface area (Å²) in [6, 6.07) is 11.2. The molecular weight excluding hydrogens is 424 g/mol. The smallest absolute Gasteiger partial charge is 0.269 e. The molecule has 28 heavy (non-hydrogen) atoms. The van der Waals surface area contributed by atoms with Crippen molar-refractivity contribution in [1.82, 2.24) is 20.4 Å². The van der Waals surface area contributed by atoms with Crippen LogP contribution in [0.25, 0.3) is 11.3 Å². The van der Waals surface area contributed by atoms with Gasteiger partial charge in [-0.1, -0.05) is 28.1 Å². The molecule has 0 radical (unpaired) electrons. The van der Waals surface area contributed by atoms with E-state index >= 15 is 0 Å². The Hall–Kier alpha value is -2.87. The average molecular weight is 443 g/mol. The molecule has 3 aromatic rings. The van der Waals surface area contributed by atoms with Crippen LogP contribution in [-0.4, -0.2) is 46.0 Å². The molecule has 0 atom stereocenters. The van der Waals surface area contributed by atoms with E-state index in [1.807, 2.05) is 24.3 Å². The molecule has 1 aliphatic rings. The third-order valence-corrected chi connectivity index (χ3v) is 5.38. The summed E-state index contributed by atoms with van der Waals surface area (Å²) in [7, 11) is 0. The molecule has 0 bridgehead atoms. The van der Waals surface area contributed by atoms with Crippen LogP contribution in [0.2, 0.25) is 0 Å². The number of benzene rings is 1. The molecule has 0 unspecified atom stereocenters. The van der Waals surface area contributed by atoms with E-state index in [9.17, 15) is 9.59 Å². The minimum absolute atomic E-state index is 0.0281. The van der Waals surface area contributed by atoms with Gasteiger partial charge in [0.1, 0.15) is 12.0 Å². The lowest BCUT2D eigenvalue weighted by Gasteiger charge is -2.32. The van der Waals surface area contributed by atoms with Crippen molar-refractivity contribution in [3.8, 4) is 11.3 Å². The fourth-order valence-electron chi connectivity index (χ4n) is 3.27. The Morgan fingerprint density at radius 1 is 1.18 bits per heavy atom. The lowest BCUT2D eigenvalue weighted by molar-refractivity contribution is 0.0697. The number of aromatic amines is 1. The van der Waals surface area contributed by atoms with Crippen LogP contribution in [0.5, 0.6) is 0 Å². The molecule has 1 fully saturated rings. The number of H-pyrrole nitrogens is 1. The summed E-state index contributed by atoms with van der Waals surface area (Å²) in [6.45, 7) is 1.20. The van der Waals surface area contributed by atoms with Gasteiger partial charge in [0.05, 0.1) is 17.5 Å². The maximum absolute atomic E-state index is 12.5. The van der Waals surface area contributed by atoms with Crippen molar-refractivity contribution in [2.75, 3.05) is 13.1 Å². The first kappa shape index (κ1) is 18.5. The number of rotatable bonds is 4. The molecule has 3 heterocycles. The first-order chi connectivity index (χ1) is 13.6. The van der Waals surface area contributed by atoms with Crippen molar-refractivity contribution in [1.29, 1.82) is 0 Å². The van der Waals surface area contributed by atoms with Gasteiger partial charge in [-0.05, 0) is 37.1 Å². The number of amides is 2. The van der Waals surface area contributed by atoms with E-state index in [2.05, 4.69) is 31.4 Å². The maximum Gasteiger partial charge on any atom is 0.269 e. The largest absolute Gasteiger partial charge is 0.472 e. The summed E-state index contributed by atoms with van der Waals surface area (Å²) in [5.41, 5.74) is 2.64. The topological polar surface area (TPSA) is 91.2 Å². The van der Waals surface area contributed by atoms with Crippen LogP contribution in [0.3, 0.4) is 0 Å². The van der Waals surface area contributed by atoms with Gasteiger partial charge >= 0.3 is 0 Å². The lowest BCUT2D eigenvalue weighted by atomic mass is 10.0. The molecule has 4 rings (SSSR count). The highest BCUT2D eigenvalue weighted by Crippen LogP contribution is 2.21. The standard InChI is InChI=1S/C20H19BrN4O3/c21-15-3-1-13(2-4-15)17-11-18(24-23-17)19(26)22-16-5-8-25(9-6-16)20(27)14-7-10-28-12-14/h1-4,7,10-12,16H,5-6,8-9H2,(H,22,26)(H,23,24). The van der Waals surface area contributed by atoms with Gasteiger partial charge in [-0.2, -0.15) is 5.10 Å². The first-order valence-corrected chi connectivity index (χ1v) is 9.83. The van der Waals surface area contributed by atoms with E-state index in [4.69, 9.17) is 4.42 Å². The Bertz CT molecular complexity index is 958. The van der Waals surface area contributed by atoms with Crippen LogP contribution in [0.1, 0.15) is 33.7 Å². The van der Waals surface area contributed by atoms with E-state index in [1.165, 1.54) is 12.5 Å². The Morgan fingerprint density at radius 3 is 2.61 bits per heavy atom. The van der Waals surface area contributed by atoms with Gasteiger partial charge in [0, 0.05) is 29.2 Å². The molecule has 8 heteroatoms. The molecule has 1 aromatic carbocycles. The van der Waals surface area contributed by atoms with Crippen molar-refractivity contribution < 1.29 is 14.0 Å². The number of nitrogens with one attached hydrogen (secondary N) is 2. The minimum atomic E-state index is -0.185. The third-order valence-electron chi connectivity index (χ3n) is 4.85.